The third-order valence-electron chi connectivity index (χ3n) is 3.61. The average molecular weight is 413 g/mol. The Labute approximate surface area is 159 Å². The van der Waals surface area contributed by atoms with Gasteiger partial charge in [-0.3, -0.25) is 0 Å². The van der Waals surface area contributed by atoms with Crippen molar-refractivity contribution in [3.63, 3.8) is 0 Å². The van der Waals surface area contributed by atoms with E-state index in [0.717, 1.165) is 5.56 Å². The molecule has 3 aromatic rings. The molecule has 0 aliphatic carbocycles. The lowest BCUT2D eigenvalue weighted by molar-refractivity contribution is 0.482. The second-order valence-corrected chi connectivity index (χ2v) is 9.48. The maximum absolute atomic E-state index is 12.9. The van der Waals surface area contributed by atoms with E-state index in [1.165, 1.54) is 39.3 Å². The third kappa shape index (κ3) is 4.64. The number of aromatic nitrogens is 2. The van der Waals surface area contributed by atoms with Gasteiger partial charge in [0.05, 0.1) is 0 Å². The van der Waals surface area contributed by atoms with Gasteiger partial charge in [-0.25, -0.2) is 17.8 Å². The van der Waals surface area contributed by atoms with Crippen LogP contribution in [0.25, 0.3) is 0 Å². The Morgan fingerprint density at radius 2 is 2.00 bits per heavy atom. The number of nitrogens with zero attached hydrogens (tertiary/aromatic N) is 3. The predicted octanol–water partition coefficient (Wildman–Crippen LogP) is 3.06. The predicted molar refractivity (Wildman–Crippen MR) is 102 cm³/mol. The van der Waals surface area contributed by atoms with Gasteiger partial charge in [0.15, 0.2) is 0 Å². The Bertz CT molecular complexity index is 940. The molecule has 2 heterocycles. The molecule has 2 aromatic heterocycles. The summed E-state index contributed by atoms with van der Waals surface area (Å²) in [6.45, 7) is 0.736. The number of likely N-dealkylation sites (N-methyl/N-ethyl adjacent to an activating group) is 1. The van der Waals surface area contributed by atoms with Crippen molar-refractivity contribution in [1.82, 2.24) is 13.7 Å². The second-order valence-electron chi connectivity index (χ2n) is 5.50. The molecule has 3 rings (SSSR count). The van der Waals surface area contributed by atoms with Crippen molar-refractivity contribution < 1.29 is 12.8 Å². The molecule has 0 aliphatic rings. The van der Waals surface area contributed by atoms with E-state index in [1.807, 2.05) is 0 Å². The Kier molecular flexibility index (Phi) is 5.97. The van der Waals surface area contributed by atoms with E-state index in [0.29, 0.717) is 34.7 Å². The number of halogens is 1. The van der Waals surface area contributed by atoms with E-state index < -0.39 is 10.0 Å². The molecule has 0 unspecified atom stereocenters. The van der Waals surface area contributed by atoms with Crippen LogP contribution in [0.3, 0.4) is 0 Å². The minimum absolute atomic E-state index is 0.274. The number of hydrogen-bond donors (Lipinski definition) is 1. The molecule has 138 valence electrons. The van der Waals surface area contributed by atoms with Crippen LogP contribution in [0.4, 0.5) is 9.52 Å². The smallest absolute Gasteiger partial charge is 0.252 e. The van der Waals surface area contributed by atoms with E-state index in [-0.39, 0.29) is 5.82 Å². The van der Waals surface area contributed by atoms with E-state index >= 15 is 0 Å². The molecule has 0 spiro atoms. The van der Waals surface area contributed by atoms with Crippen LogP contribution in [0.1, 0.15) is 11.4 Å². The molecule has 26 heavy (non-hydrogen) atoms. The largest absolute Gasteiger partial charge is 0.359 e. The van der Waals surface area contributed by atoms with Crippen LogP contribution in [0.15, 0.2) is 46.0 Å². The monoisotopic (exact) mass is 412 g/mol. The molecule has 0 atom stereocenters. The maximum Gasteiger partial charge on any atom is 0.252 e. The first-order valence-corrected chi connectivity index (χ1v) is 10.9. The van der Waals surface area contributed by atoms with Crippen LogP contribution in [0, 0.1) is 5.82 Å². The highest BCUT2D eigenvalue weighted by molar-refractivity contribution is 7.91. The molecule has 0 fully saturated rings. The summed E-state index contributed by atoms with van der Waals surface area (Å²) in [5.74, 6) is 0.368. The van der Waals surface area contributed by atoms with E-state index in [9.17, 15) is 12.8 Å². The lowest BCUT2D eigenvalue weighted by atomic mass is 10.1. The minimum atomic E-state index is -3.44. The first-order valence-electron chi connectivity index (χ1n) is 7.76. The molecule has 10 heteroatoms. The lowest BCUT2D eigenvalue weighted by Gasteiger charge is -2.15. The van der Waals surface area contributed by atoms with Gasteiger partial charge in [0, 0.05) is 38.1 Å². The first-order chi connectivity index (χ1) is 12.4. The molecule has 0 saturated carbocycles. The van der Waals surface area contributed by atoms with Gasteiger partial charge in [-0.05, 0) is 29.1 Å². The highest BCUT2D eigenvalue weighted by Gasteiger charge is 2.21. The normalized spacial score (nSPS) is 11.8. The zero-order valence-corrected chi connectivity index (χ0v) is 16.4. The summed E-state index contributed by atoms with van der Waals surface area (Å²) in [5.41, 5.74) is 0.928. The van der Waals surface area contributed by atoms with Gasteiger partial charge in [0.25, 0.3) is 10.0 Å². The quantitative estimate of drug-likeness (QED) is 0.615. The number of sulfonamides is 1. The van der Waals surface area contributed by atoms with Crippen molar-refractivity contribution in [2.75, 3.05) is 25.5 Å². The second kappa shape index (κ2) is 8.21. The van der Waals surface area contributed by atoms with Gasteiger partial charge < -0.3 is 5.32 Å². The molecular weight excluding hydrogens is 395 g/mol. The fraction of sp³-hybridized carbons (Fsp3) is 0.250. The van der Waals surface area contributed by atoms with Gasteiger partial charge >= 0.3 is 0 Å². The molecule has 0 radical (unpaired) electrons. The Hall–Kier alpha value is -1.88. The highest BCUT2D eigenvalue weighted by Crippen LogP contribution is 2.20. The number of anilines is 1. The summed E-state index contributed by atoms with van der Waals surface area (Å²) in [5, 5.41) is 5.46. The summed E-state index contributed by atoms with van der Waals surface area (Å²) in [6, 6.07) is 9.53. The highest BCUT2D eigenvalue weighted by atomic mass is 32.2. The first kappa shape index (κ1) is 18.9. The van der Waals surface area contributed by atoms with Crippen LogP contribution < -0.4 is 5.32 Å². The number of benzene rings is 1. The number of thiophene rings is 1. The summed E-state index contributed by atoms with van der Waals surface area (Å²) >= 11 is 2.42. The molecule has 0 saturated heterocycles. The molecule has 1 aromatic carbocycles. The van der Waals surface area contributed by atoms with Gasteiger partial charge in [-0.1, -0.05) is 18.2 Å². The Morgan fingerprint density at radius 1 is 1.23 bits per heavy atom. The number of nitrogens with one attached hydrogen (secondary N) is 1. The third-order valence-corrected chi connectivity index (χ3v) is 7.55. The van der Waals surface area contributed by atoms with Gasteiger partial charge in [-0.15, -0.1) is 11.3 Å². The van der Waals surface area contributed by atoms with E-state index in [1.54, 1.807) is 36.7 Å². The van der Waals surface area contributed by atoms with Crippen LogP contribution >= 0.6 is 22.9 Å². The summed E-state index contributed by atoms with van der Waals surface area (Å²) in [4.78, 5) is 4.37. The fourth-order valence-electron chi connectivity index (χ4n) is 2.19. The van der Waals surface area contributed by atoms with Crippen LogP contribution in [0.5, 0.6) is 0 Å². The van der Waals surface area contributed by atoms with Crippen molar-refractivity contribution >= 4 is 38.0 Å². The van der Waals surface area contributed by atoms with Crippen LogP contribution in [0.2, 0.25) is 0 Å². The van der Waals surface area contributed by atoms with E-state index in [4.69, 9.17) is 0 Å². The van der Waals surface area contributed by atoms with Crippen molar-refractivity contribution in [1.29, 1.82) is 0 Å². The zero-order chi connectivity index (χ0) is 18.6. The summed E-state index contributed by atoms with van der Waals surface area (Å²) < 4.78 is 43.5. The van der Waals surface area contributed by atoms with Crippen LogP contribution in [-0.2, 0) is 16.4 Å². The zero-order valence-electron chi connectivity index (χ0n) is 13.9. The van der Waals surface area contributed by atoms with Crippen molar-refractivity contribution in [3.05, 3.63) is 59.0 Å². The molecule has 0 aliphatic heterocycles. The molecule has 0 bridgehead atoms. The molecule has 0 amide bonds. The lowest BCUT2D eigenvalue weighted by Crippen LogP contribution is -2.31. The average Bonchev–Trinajstić information content (AvgIpc) is 3.29. The fourth-order valence-corrected chi connectivity index (χ4v) is 5.17. The summed E-state index contributed by atoms with van der Waals surface area (Å²) in [7, 11) is -1.89. The molecular formula is C16H17FN4O2S3. The van der Waals surface area contributed by atoms with Crippen molar-refractivity contribution in [3.8, 4) is 0 Å². The van der Waals surface area contributed by atoms with Gasteiger partial charge in [-0.2, -0.15) is 8.68 Å². The Balaban J connectivity index is 1.51. The van der Waals surface area contributed by atoms with Crippen molar-refractivity contribution in [2.45, 2.75) is 10.6 Å². The molecule has 6 nitrogen and oxygen atoms in total. The SMILES string of the molecule is CN(CCNc1nc(Cc2ccc(F)cc2)ns1)S(=O)(=O)c1cccs1. The number of rotatable bonds is 8. The number of hydrogen-bond acceptors (Lipinski definition) is 7. The maximum atomic E-state index is 12.9. The van der Waals surface area contributed by atoms with Crippen molar-refractivity contribution in [2.24, 2.45) is 0 Å². The Morgan fingerprint density at radius 3 is 2.69 bits per heavy atom. The van der Waals surface area contributed by atoms with Gasteiger partial charge in [0.1, 0.15) is 15.9 Å². The summed E-state index contributed by atoms with van der Waals surface area (Å²) in [6.07, 6.45) is 0.519. The molecule has 1 N–H and O–H groups in total. The van der Waals surface area contributed by atoms with Crippen LogP contribution in [-0.4, -0.2) is 42.2 Å². The minimum Gasteiger partial charge on any atom is -0.359 e. The van der Waals surface area contributed by atoms with Gasteiger partial charge in [0.2, 0.25) is 5.13 Å². The standard InChI is InChI=1S/C16H17FN4O2S3/c1-21(26(22,23)15-3-2-10-24-15)9-8-18-16-19-14(20-25-16)11-12-4-6-13(17)7-5-12/h2-7,10H,8-9,11H2,1H3,(H,18,19,20). The van der Waals surface area contributed by atoms with E-state index in [2.05, 4.69) is 14.7 Å². The topological polar surface area (TPSA) is 75.2 Å².